The molecule has 0 fully saturated rings. The zero-order valence-electron chi connectivity index (χ0n) is 61.6. The number of nitro groups is 1. The van der Waals surface area contributed by atoms with Gasteiger partial charge in [0.05, 0.1) is 32.1 Å². The number of nitrogens with one attached hydrogen (secondary N) is 4. The van der Waals surface area contributed by atoms with E-state index in [1.54, 1.807) is 37.6 Å². The van der Waals surface area contributed by atoms with Gasteiger partial charge < -0.3 is 30.4 Å². The van der Waals surface area contributed by atoms with E-state index in [2.05, 4.69) is 238 Å². The van der Waals surface area contributed by atoms with Crippen molar-refractivity contribution >= 4 is 156 Å². The quantitative estimate of drug-likeness (QED) is 0.0257. The third kappa shape index (κ3) is 16.1. The topological polar surface area (TPSA) is 144 Å². The molecule has 0 spiro atoms. The summed E-state index contributed by atoms with van der Waals surface area (Å²) in [5.41, 5.74) is 17.2. The van der Waals surface area contributed by atoms with Crippen LogP contribution < -0.4 is 31.2 Å². The van der Waals surface area contributed by atoms with Gasteiger partial charge in [-0.25, -0.2) is 14.2 Å². The van der Waals surface area contributed by atoms with Crippen LogP contribution in [0, 0.1) is 22.5 Å². The number of thiophene rings is 1. The molecule has 542 valence electrons. The zero-order chi connectivity index (χ0) is 76.7. The Morgan fingerprint density at radius 2 is 0.955 bits per heavy atom. The number of anilines is 8. The monoisotopic (exact) mass is 1490 g/mol. The van der Waals surface area contributed by atoms with Crippen LogP contribution in [0.25, 0.3) is 124 Å². The van der Waals surface area contributed by atoms with Crippen LogP contribution >= 0.6 is 11.3 Å². The summed E-state index contributed by atoms with van der Waals surface area (Å²) in [6.07, 6.45) is 1.77. The Morgan fingerprint density at radius 3 is 1.63 bits per heavy atom. The summed E-state index contributed by atoms with van der Waals surface area (Å²) >= 11 is 1.83. The van der Waals surface area contributed by atoms with Crippen molar-refractivity contribution in [3.63, 3.8) is 0 Å². The molecule has 19 aromatic rings. The second-order valence-electron chi connectivity index (χ2n) is 28.1. The van der Waals surface area contributed by atoms with E-state index in [9.17, 15) is 14.5 Å². The molecular formula is C97H73FN8O4SSi. The third-order valence-electron chi connectivity index (χ3n) is 19.7. The first-order chi connectivity index (χ1) is 54.7. The summed E-state index contributed by atoms with van der Waals surface area (Å²) in [5, 5.41) is 38.5. The van der Waals surface area contributed by atoms with Crippen molar-refractivity contribution in [2.75, 3.05) is 28.4 Å². The van der Waals surface area contributed by atoms with Gasteiger partial charge in [-0.1, -0.05) is 225 Å². The zero-order valence-corrected chi connectivity index (χ0v) is 63.4. The fourth-order valence-electron chi connectivity index (χ4n) is 13.9. The summed E-state index contributed by atoms with van der Waals surface area (Å²) in [6.45, 7) is 14.2. The summed E-state index contributed by atoms with van der Waals surface area (Å²) < 4.78 is 26.9. The van der Waals surface area contributed by atoms with E-state index in [4.69, 9.17) is 15.7 Å². The molecule has 3 heterocycles. The molecule has 0 aliphatic carbocycles. The van der Waals surface area contributed by atoms with Gasteiger partial charge in [0.15, 0.2) is 11.5 Å². The van der Waals surface area contributed by atoms with E-state index in [0.717, 1.165) is 89.6 Å². The molecule has 16 aromatic carbocycles. The first-order valence-corrected chi connectivity index (χ1v) is 40.9. The van der Waals surface area contributed by atoms with Crippen molar-refractivity contribution in [2.45, 2.75) is 19.6 Å². The lowest BCUT2D eigenvalue weighted by Gasteiger charge is -2.18. The Bertz CT molecular complexity index is 6630. The van der Waals surface area contributed by atoms with Crippen molar-refractivity contribution in [3.05, 3.63) is 373 Å². The number of furan rings is 1. The van der Waals surface area contributed by atoms with Crippen LogP contribution in [0.15, 0.2) is 350 Å². The highest BCUT2D eigenvalue weighted by molar-refractivity contribution is 7.25. The van der Waals surface area contributed by atoms with Gasteiger partial charge in [0.25, 0.3) is 5.69 Å². The number of benzene rings is 16. The van der Waals surface area contributed by atoms with Gasteiger partial charge in [0.2, 0.25) is 5.71 Å². The largest absolute Gasteiger partial charge is 0.497 e. The van der Waals surface area contributed by atoms with Crippen LogP contribution in [0.5, 0.6) is 5.75 Å². The predicted octanol–water partition coefficient (Wildman–Crippen LogP) is 27.5. The number of rotatable bonds is 15. The highest BCUT2D eigenvalue weighted by atomic mass is 32.1. The van der Waals surface area contributed by atoms with Gasteiger partial charge >= 0.3 is 0 Å². The van der Waals surface area contributed by atoms with Gasteiger partial charge in [-0.05, 0) is 182 Å². The standard InChI is InChI=1S/C25H20FNO.C25H16N2S.C25H23NSi.C22H14N4O3/c1-28-25-16-8-21(9-17-25)20-6-14-24(15-7-20)27-23-12-4-19(5-13-23)18-2-10-22(26)11-3-18;1-26-19-11-9-17(10-12-19)18-5-4-6-20(15-18)27-21-13-14-25-23(16-21)22-7-2-3-8-24(22)28-25;1-27(2,3)21-14-12-20(13-15-21)26-23-16-19-8-4-6-17-10-11-18-7-5-9-22(23)25(18)24(17)19;27-26(28)17-8-4-7-15(11-17)24-16-9-10-18-19-13-23-21(14-5-2-1-3-6-14)25-22(19)29-20(18)12-16/h2-17,27H,1H3;2-16,27H;4-16,26H,1-3H3;1-13,24H. The molecule has 0 atom stereocenters. The summed E-state index contributed by atoms with van der Waals surface area (Å²) in [7, 11) is 0.399. The third-order valence-corrected chi connectivity index (χ3v) is 22.9. The molecule has 0 aliphatic heterocycles. The molecule has 0 saturated carbocycles. The number of aromatic nitrogens is 2. The molecule has 12 nitrogen and oxygen atoms in total. The minimum atomic E-state index is -1.27. The van der Waals surface area contributed by atoms with E-state index in [1.165, 1.54) is 87.6 Å². The maximum atomic E-state index is 13.1. The summed E-state index contributed by atoms with van der Waals surface area (Å²) in [6, 6.07) is 113. The summed E-state index contributed by atoms with van der Waals surface area (Å²) in [4.78, 5) is 23.0. The molecule has 112 heavy (non-hydrogen) atoms. The van der Waals surface area contributed by atoms with E-state index in [-0.39, 0.29) is 11.5 Å². The molecule has 15 heteroatoms. The van der Waals surface area contributed by atoms with E-state index >= 15 is 0 Å². The van der Waals surface area contributed by atoms with Gasteiger partial charge in [0.1, 0.15) is 17.1 Å². The molecule has 0 amide bonds. The molecule has 4 N–H and O–H groups in total. The number of hydrogen-bond acceptors (Lipinski definition) is 11. The summed E-state index contributed by atoms with van der Waals surface area (Å²) in [5.74, 6) is 1.23. The molecule has 0 bridgehead atoms. The van der Waals surface area contributed by atoms with E-state index in [0.29, 0.717) is 28.5 Å². The fourth-order valence-corrected chi connectivity index (χ4v) is 16.1. The second-order valence-corrected chi connectivity index (χ2v) is 34.3. The van der Waals surface area contributed by atoms with Crippen molar-refractivity contribution < 1.29 is 18.5 Å². The molecular weight excluding hydrogens is 1420 g/mol. The van der Waals surface area contributed by atoms with Crippen molar-refractivity contribution in [1.82, 2.24) is 9.97 Å². The van der Waals surface area contributed by atoms with Gasteiger partial charge in [-0.2, -0.15) is 4.98 Å². The van der Waals surface area contributed by atoms with Crippen LogP contribution in [0.2, 0.25) is 19.6 Å². The number of nitrogens with zero attached hydrogens (tertiary/aromatic N) is 4. The highest BCUT2D eigenvalue weighted by Gasteiger charge is 2.18. The first kappa shape index (κ1) is 71.9. The van der Waals surface area contributed by atoms with Crippen LogP contribution in [0.4, 0.5) is 61.3 Å². The van der Waals surface area contributed by atoms with Crippen molar-refractivity contribution in [2.24, 2.45) is 0 Å². The Morgan fingerprint density at radius 1 is 0.438 bits per heavy atom. The van der Waals surface area contributed by atoms with Gasteiger partial charge in [-0.3, -0.25) is 10.1 Å². The Hall–Kier alpha value is -14.3. The van der Waals surface area contributed by atoms with Crippen molar-refractivity contribution in [1.29, 1.82) is 0 Å². The van der Waals surface area contributed by atoms with Gasteiger partial charge in [-0.15, -0.1) is 11.3 Å². The lowest BCUT2D eigenvalue weighted by Crippen LogP contribution is -2.37. The molecule has 0 saturated heterocycles. The van der Waals surface area contributed by atoms with Gasteiger partial charge in [0, 0.05) is 106 Å². The fraction of sp³-hybridized carbons (Fsp3) is 0.0412. The van der Waals surface area contributed by atoms with Crippen LogP contribution in [-0.4, -0.2) is 30.1 Å². The Labute approximate surface area is 652 Å². The number of ether oxygens (including phenoxy) is 1. The minimum absolute atomic E-state index is 0.0310. The van der Waals surface area contributed by atoms with E-state index in [1.807, 2.05) is 121 Å². The Kier molecular flexibility index (Phi) is 20.5. The number of nitro benzene ring substituents is 1. The van der Waals surface area contributed by atoms with E-state index < -0.39 is 13.0 Å². The maximum Gasteiger partial charge on any atom is 0.271 e. The molecule has 0 radical (unpaired) electrons. The average molecular weight is 1490 g/mol. The minimum Gasteiger partial charge on any atom is -0.497 e. The highest BCUT2D eigenvalue weighted by Crippen LogP contribution is 2.41. The van der Waals surface area contributed by atoms with Crippen LogP contribution in [-0.2, 0) is 0 Å². The average Bonchev–Trinajstić information content (AvgIpc) is 0.992. The smallest absolute Gasteiger partial charge is 0.271 e. The lowest BCUT2D eigenvalue weighted by atomic mass is 9.93. The second kappa shape index (κ2) is 31.9. The maximum absolute atomic E-state index is 13.1. The Balaban J connectivity index is 0.000000113. The molecule has 3 aromatic heterocycles. The SMILES string of the molecule is COc1ccc(-c2ccc(Nc3ccc(-c4ccc(F)cc4)cc3)cc2)cc1.C[Si](C)(C)c1ccc(Nc2cc3cccc4ccc5cccc2c5c43)cc1.O=[N+]([O-])c1cccc(Nc2ccc3c(c2)oc2nc(-c4ccccc4)ncc23)c1.[C-]#[N+]c1ccc(-c2cccc(Nc3ccc4sc5ccccc5c4c3)c2)cc1. The van der Waals surface area contributed by atoms with Crippen LogP contribution in [0.3, 0.4) is 0 Å². The number of methoxy groups -OCH3 is 1. The number of hydrogen-bond donors (Lipinski definition) is 4. The number of halogens is 1. The van der Waals surface area contributed by atoms with Crippen LogP contribution in [0.1, 0.15) is 0 Å². The lowest BCUT2D eigenvalue weighted by molar-refractivity contribution is -0.384. The number of non-ortho nitro benzene ring substituents is 1. The predicted molar refractivity (Wildman–Crippen MR) is 468 cm³/mol. The molecule has 19 rings (SSSR count). The molecule has 0 unspecified atom stereocenters. The van der Waals surface area contributed by atoms with Crippen molar-refractivity contribution in [3.8, 4) is 50.5 Å². The number of fused-ring (bicyclic) bond motifs is 6. The first-order valence-electron chi connectivity index (χ1n) is 36.6. The molecule has 0 aliphatic rings. The normalized spacial score (nSPS) is 11.1.